The van der Waals surface area contributed by atoms with Crippen LogP contribution in [-0.2, 0) is 4.74 Å². The number of amides is 1. The highest BCUT2D eigenvalue weighted by Gasteiger charge is 2.36. The standard InChI is InChI=1S/C35H50N4O5/c1-10-37(11-2)21-20-36-28-25-18-19-35(8,9)43-31(25)29(32-27(28)30(40)24-16-14-15-17-26(24)42-32)39(23-22-38(12-3)13-4)33(41)44-34(5,6)7/h14-19,36H,10-13,20-23H2,1-9H3. The van der Waals surface area contributed by atoms with Gasteiger partial charge in [-0.15, -0.1) is 0 Å². The van der Waals surface area contributed by atoms with Crippen LogP contribution in [0.2, 0.25) is 0 Å². The van der Waals surface area contributed by atoms with Crippen LogP contribution < -0.4 is 20.4 Å². The van der Waals surface area contributed by atoms with Crippen LogP contribution in [0.3, 0.4) is 0 Å². The lowest BCUT2D eigenvalue weighted by molar-refractivity contribution is 0.0573. The first kappa shape index (κ1) is 33.3. The van der Waals surface area contributed by atoms with Crippen LogP contribution in [0.5, 0.6) is 5.75 Å². The molecular weight excluding hydrogens is 556 g/mol. The predicted molar refractivity (Wildman–Crippen MR) is 181 cm³/mol. The van der Waals surface area contributed by atoms with Gasteiger partial charge >= 0.3 is 6.09 Å². The fraction of sp³-hybridized carbons (Fsp3) is 0.543. The van der Waals surface area contributed by atoms with E-state index < -0.39 is 17.3 Å². The summed E-state index contributed by atoms with van der Waals surface area (Å²) in [6, 6.07) is 7.24. The largest absolute Gasteiger partial charge is 0.481 e. The van der Waals surface area contributed by atoms with Crippen LogP contribution in [0, 0.1) is 0 Å². The Kier molecular flexibility index (Phi) is 10.3. The molecule has 2 aromatic carbocycles. The van der Waals surface area contributed by atoms with Gasteiger partial charge in [-0.25, -0.2) is 4.79 Å². The molecule has 1 N–H and O–H groups in total. The molecule has 44 heavy (non-hydrogen) atoms. The number of likely N-dealkylation sites (N-methyl/N-ethyl adjacent to an activating group) is 2. The van der Waals surface area contributed by atoms with E-state index in [1.807, 2.05) is 58.9 Å². The second-order valence-electron chi connectivity index (χ2n) is 12.7. The van der Waals surface area contributed by atoms with E-state index in [4.69, 9.17) is 13.9 Å². The molecule has 1 aromatic heterocycles. The van der Waals surface area contributed by atoms with Crippen molar-refractivity contribution in [2.45, 2.75) is 73.5 Å². The van der Waals surface area contributed by atoms with Gasteiger partial charge < -0.3 is 29.0 Å². The molecule has 0 unspecified atom stereocenters. The molecule has 9 nitrogen and oxygen atoms in total. The first-order chi connectivity index (χ1) is 20.8. The van der Waals surface area contributed by atoms with E-state index in [0.29, 0.717) is 64.3 Å². The molecule has 240 valence electrons. The summed E-state index contributed by atoms with van der Waals surface area (Å²) in [5.41, 5.74) is 0.945. The van der Waals surface area contributed by atoms with E-state index in [9.17, 15) is 9.59 Å². The van der Waals surface area contributed by atoms with Gasteiger partial charge in [0.15, 0.2) is 11.3 Å². The molecule has 4 rings (SSSR count). The summed E-state index contributed by atoms with van der Waals surface area (Å²) in [7, 11) is 0. The molecule has 9 heteroatoms. The van der Waals surface area contributed by atoms with Crippen LogP contribution in [-0.4, -0.2) is 79.5 Å². The molecule has 3 aromatic rings. The summed E-state index contributed by atoms with van der Waals surface area (Å²) < 4.78 is 19.2. The minimum Gasteiger partial charge on any atom is -0.481 e. The van der Waals surface area contributed by atoms with E-state index in [1.165, 1.54) is 0 Å². The minimum atomic E-state index is -0.736. The SMILES string of the molecule is CCN(CC)CCNc1c2c(c(N(CCN(CC)CC)C(=O)OC(C)(C)C)c3oc4ccccc4c(=O)c13)OC(C)(C)C=C2. The van der Waals surface area contributed by atoms with Gasteiger partial charge in [-0.1, -0.05) is 39.8 Å². The van der Waals surface area contributed by atoms with Crippen molar-refractivity contribution in [1.29, 1.82) is 0 Å². The number of carbonyl (C=O) groups is 1. The molecule has 0 saturated carbocycles. The Hall–Kier alpha value is -3.56. The lowest BCUT2D eigenvalue weighted by atomic mass is 9.96. The predicted octanol–water partition coefficient (Wildman–Crippen LogP) is 6.97. The Morgan fingerprint density at radius 2 is 1.59 bits per heavy atom. The van der Waals surface area contributed by atoms with Crippen molar-refractivity contribution in [2.75, 3.05) is 62.6 Å². The maximum atomic E-state index is 14.3. The fourth-order valence-electron chi connectivity index (χ4n) is 5.56. The topological polar surface area (TPSA) is 87.5 Å². The molecular formula is C35H50N4O5. The number of nitrogens with one attached hydrogen (secondary N) is 1. The third kappa shape index (κ3) is 7.21. The average molecular weight is 607 g/mol. The molecule has 1 aliphatic heterocycles. The summed E-state index contributed by atoms with van der Waals surface area (Å²) in [6.45, 7) is 23.8. The third-order valence-electron chi connectivity index (χ3n) is 8.05. The molecule has 0 saturated heterocycles. The van der Waals surface area contributed by atoms with Crippen molar-refractivity contribution in [3.63, 3.8) is 0 Å². The van der Waals surface area contributed by atoms with Gasteiger partial charge in [0, 0.05) is 31.7 Å². The number of hydrogen-bond acceptors (Lipinski definition) is 8. The van der Waals surface area contributed by atoms with Gasteiger partial charge in [0.2, 0.25) is 5.43 Å². The summed E-state index contributed by atoms with van der Waals surface area (Å²) >= 11 is 0. The highest BCUT2D eigenvalue weighted by Crippen LogP contribution is 2.49. The Labute approximate surface area is 261 Å². The van der Waals surface area contributed by atoms with Gasteiger partial charge in [-0.2, -0.15) is 0 Å². The maximum Gasteiger partial charge on any atom is 0.415 e. The smallest absolute Gasteiger partial charge is 0.415 e. The number of benzene rings is 2. The van der Waals surface area contributed by atoms with Gasteiger partial charge in [0.1, 0.15) is 22.5 Å². The molecule has 0 radical (unpaired) electrons. The average Bonchev–Trinajstić information content (AvgIpc) is 2.96. The van der Waals surface area contributed by atoms with Crippen molar-refractivity contribution < 1.29 is 18.7 Å². The van der Waals surface area contributed by atoms with Crippen molar-refractivity contribution in [3.05, 3.63) is 46.1 Å². The van der Waals surface area contributed by atoms with Crippen molar-refractivity contribution >= 4 is 45.5 Å². The Morgan fingerprint density at radius 1 is 0.955 bits per heavy atom. The quantitative estimate of drug-likeness (QED) is 0.175. The van der Waals surface area contributed by atoms with E-state index in [0.717, 1.165) is 32.7 Å². The first-order valence-electron chi connectivity index (χ1n) is 16.0. The second-order valence-corrected chi connectivity index (χ2v) is 12.7. The van der Waals surface area contributed by atoms with Gasteiger partial charge in [-0.05, 0) is 85.1 Å². The van der Waals surface area contributed by atoms with Crippen LogP contribution in [0.15, 0.2) is 39.6 Å². The summed E-state index contributed by atoms with van der Waals surface area (Å²) in [5, 5.41) is 4.44. The van der Waals surface area contributed by atoms with Crippen LogP contribution in [0.25, 0.3) is 28.0 Å². The van der Waals surface area contributed by atoms with E-state index >= 15 is 0 Å². The van der Waals surface area contributed by atoms with E-state index in [1.54, 1.807) is 17.0 Å². The zero-order valence-electron chi connectivity index (χ0n) is 28.0. The van der Waals surface area contributed by atoms with Gasteiger partial charge in [-0.3, -0.25) is 9.69 Å². The van der Waals surface area contributed by atoms with Crippen LogP contribution in [0.1, 0.15) is 67.9 Å². The zero-order chi connectivity index (χ0) is 32.2. The normalized spacial score (nSPS) is 14.2. The molecule has 1 aliphatic rings. The van der Waals surface area contributed by atoms with Crippen molar-refractivity contribution in [1.82, 2.24) is 9.80 Å². The summed E-state index contributed by atoms with van der Waals surface area (Å²) in [5.74, 6) is 0.485. The molecule has 0 spiro atoms. The molecule has 0 fully saturated rings. The van der Waals surface area contributed by atoms with Gasteiger partial charge in [0.25, 0.3) is 0 Å². The number of nitrogens with zero attached hydrogens (tertiary/aromatic N) is 3. The fourth-order valence-corrected chi connectivity index (χ4v) is 5.56. The van der Waals surface area contributed by atoms with E-state index in [2.05, 4.69) is 42.8 Å². The number of anilines is 2. The first-order valence-corrected chi connectivity index (χ1v) is 16.0. The van der Waals surface area contributed by atoms with Crippen molar-refractivity contribution in [2.24, 2.45) is 0 Å². The number of hydrogen-bond donors (Lipinski definition) is 1. The van der Waals surface area contributed by atoms with Gasteiger partial charge in [0.05, 0.1) is 16.5 Å². The van der Waals surface area contributed by atoms with Crippen LogP contribution in [0.4, 0.5) is 16.2 Å². The zero-order valence-corrected chi connectivity index (χ0v) is 28.0. The number of rotatable bonds is 12. The number of carbonyl (C=O) groups excluding carboxylic acids is 1. The second kappa shape index (κ2) is 13.6. The number of fused-ring (bicyclic) bond motifs is 3. The molecule has 0 atom stereocenters. The molecule has 0 aliphatic carbocycles. The molecule has 1 amide bonds. The summed E-state index contributed by atoms with van der Waals surface area (Å²) in [4.78, 5) is 34.6. The summed E-state index contributed by atoms with van der Waals surface area (Å²) in [6.07, 6.45) is 3.45. The highest BCUT2D eigenvalue weighted by molar-refractivity contribution is 6.12. The monoisotopic (exact) mass is 606 g/mol. The van der Waals surface area contributed by atoms with Crippen LogP contribution >= 0.6 is 0 Å². The number of ether oxygens (including phenoxy) is 2. The Bertz CT molecular complexity index is 1560. The van der Waals surface area contributed by atoms with E-state index in [-0.39, 0.29) is 5.43 Å². The third-order valence-corrected chi connectivity index (χ3v) is 8.05. The Morgan fingerprint density at radius 3 is 2.23 bits per heavy atom. The maximum absolute atomic E-state index is 14.3. The minimum absolute atomic E-state index is 0.164. The Balaban J connectivity index is 2.06. The lowest BCUT2D eigenvalue weighted by Crippen LogP contribution is -2.42. The number of para-hydroxylation sites is 1. The lowest BCUT2D eigenvalue weighted by Gasteiger charge is -2.35. The molecule has 2 heterocycles. The van der Waals surface area contributed by atoms with Crippen molar-refractivity contribution in [3.8, 4) is 5.75 Å². The molecule has 0 bridgehead atoms. The highest BCUT2D eigenvalue weighted by atomic mass is 16.6.